The van der Waals surface area contributed by atoms with Gasteiger partial charge < -0.3 is 24.1 Å². The van der Waals surface area contributed by atoms with E-state index in [9.17, 15) is 24.3 Å². The maximum atomic E-state index is 12.8. The molecule has 9 atom stereocenters. The first kappa shape index (κ1) is 27.9. The largest absolute Gasteiger partial charge is 0.462 e. The van der Waals surface area contributed by atoms with Crippen LogP contribution in [0.2, 0.25) is 0 Å². The first-order valence-corrected chi connectivity index (χ1v) is 12.2. The highest BCUT2D eigenvalue weighted by Gasteiger charge is 2.67. The van der Waals surface area contributed by atoms with Crippen LogP contribution >= 0.6 is 11.6 Å². The van der Waals surface area contributed by atoms with Crippen molar-refractivity contribution in [2.45, 2.75) is 82.9 Å². The number of carbonyl (C=O) groups excluding carboxylic acids is 4. The lowest BCUT2D eigenvalue weighted by molar-refractivity contribution is -0.205. The number of aliphatic hydroxyl groups is 1. The van der Waals surface area contributed by atoms with E-state index in [-0.39, 0.29) is 18.4 Å². The Morgan fingerprint density at radius 1 is 1.11 bits per heavy atom. The van der Waals surface area contributed by atoms with Crippen molar-refractivity contribution in [3.63, 3.8) is 0 Å². The summed E-state index contributed by atoms with van der Waals surface area (Å²) in [6.07, 6.45) is -0.682. The van der Waals surface area contributed by atoms with E-state index in [1.165, 1.54) is 27.7 Å². The predicted molar refractivity (Wildman–Crippen MR) is 129 cm³/mol. The molecule has 9 nitrogen and oxygen atoms in total. The van der Waals surface area contributed by atoms with Gasteiger partial charge in [-0.25, -0.2) is 0 Å². The van der Waals surface area contributed by atoms with Gasteiger partial charge in [0.05, 0.1) is 11.3 Å². The molecule has 3 aliphatic rings. The van der Waals surface area contributed by atoms with Crippen LogP contribution in [0.1, 0.15) is 47.5 Å². The van der Waals surface area contributed by atoms with E-state index in [0.29, 0.717) is 5.57 Å². The van der Waals surface area contributed by atoms with Crippen molar-refractivity contribution in [2.24, 2.45) is 17.3 Å². The Kier molecular flexibility index (Phi) is 7.77. The molecule has 198 valence electrons. The summed E-state index contributed by atoms with van der Waals surface area (Å²) in [4.78, 5) is 49.1. The van der Waals surface area contributed by atoms with E-state index < -0.39 is 76.5 Å². The number of halogens is 1. The van der Waals surface area contributed by atoms with Gasteiger partial charge in [-0.15, -0.1) is 11.6 Å². The Morgan fingerprint density at radius 2 is 1.69 bits per heavy atom. The summed E-state index contributed by atoms with van der Waals surface area (Å²) in [6.45, 7) is 15.1. The summed E-state index contributed by atoms with van der Waals surface area (Å²) in [5.74, 6) is -4.47. The Hall–Kier alpha value is -2.65. The van der Waals surface area contributed by atoms with Gasteiger partial charge >= 0.3 is 23.9 Å². The molecule has 1 N–H and O–H groups in total. The van der Waals surface area contributed by atoms with Gasteiger partial charge in [-0.3, -0.25) is 19.2 Å². The summed E-state index contributed by atoms with van der Waals surface area (Å²) in [7, 11) is 0. The maximum absolute atomic E-state index is 12.8. The molecule has 0 aromatic carbocycles. The van der Waals surface area contributed by atoms with Crippen LogP contribution < -0.4 is 0 Å². The van der Waals surface area contributed by atoms with Gasteiger partial charge in [0.15, 0.2) is 11.7 Å². The van der Waals surface area contributed by atoms with Crippen molar-refractivity contribution in [2.75, 3.05) is 0 Å². The van der Waals surface area contributed by atoms with Crippen molar-refractivity contribution in [1.29, 1.82) is 0 Å². The topological polar surface area (TPSA) is 125 Å². The van der Waals surface area contributed by atoms with Crippen molar-refractivity contribution in [1.82, 2.24) is 0 Å². The van der Waals surface area contributed by atoms with Crippen LogP contribution in [0.3, 0.4) is 0 Å². The molecular weight excluding hydrogens is 492 g/mol. The zero-order valence-corrected chi connectivity index (χ0v) is 21.9. The molecule has 1 aliphatic heterocycles. The van der Waals surface area contributed by atoms with Gasteiger partial charge in [-0.05, 0) is 25.0 Å². The molecule has 1 saturated carbocycles. The average Bonchev–Trinajstić information content (AvgIpc) is 2.98. The zero-order valence-electron chi connectivity index (χ0n) is 21.1. The Bertz CT molecular complexity index is 1020. The fraction of sp³-hybridized carbons (Fsp3) is 0.615. The summed E-state index contributed by atoms with van der Waals surface area (Å²) < 4.78 is 22.5. The molecule has 2 fully saturated rings. The summed E-state index contributed by atoms with van der Waals surface area (Å²) in [5, 5.41) is 11.1. The number of esters is 4. The van der Waals surface area contributed by atoms with Gasteiger partial charge in [-0.1, -0.05) is 31.7 Å². The van der Waals surface area contributed by atoms with Crippen LogP contribution in [0.25, 0.3) is 0 Å². The molecule has 2 aliphatic carbocycles. The SMILES string of the molecule is C=C1C[C@H](OC(C)=O)C[C@]2(C)[C@@H](OC(C)=O)/C=C\C(=C)[C@H](Cl)[C@H]3OC(=O)[C@H](C)[C@@]3(O)[C@@H](OC(C)=O)[C@@H]12. The van der Waals surface area contributed by atoms with E-state index in [2.05, 4.69) is 13.2 Å². The lowest BCUT2D eigenvalue weighted by atomic mass is 9.56. The molecule has 0 aromatic rings. The molecule has 0 aromatic heterocycles. The lowest BCUT2D eigenvalue weighted by Crippen LogP contribution is -2.65. The lowest BCUT2D eigenvalue weighted by Gasteiger charge is -2.54. The van der Waals surface area contributed by atoms with Crippen LogP contribution in [0, 0.1) is 17.3 Å². The van der Waals surface area contributed by atoms with Crippen molar-refractivity contribution < 1.29 is 43.2 Å². The fourth-order valence-electron chi connectivity index (χ4n) is 5.88. The number of hydrogen-bond acceptors (Lipinski definition) is 9. The Morgan fingerprint density at radius 3 is 2.25 bits per heavy atom. The third-order valence-electron chi connectivity index (χ3n) is 7.49. The molecule has 1 heterocycles. The first-order valence-electron chi connectivity index (χ1n) is 11.8. The van der Waals surface area contributed by atoms with Crippen LogP contribution in [0.5, 0.6) is 0 Å². The Labute approximate surface area is 215 Å². The van der Waals surface area contributed by atoms with Gasteiger partial charge in [-0.2, -0.15) is 0 Å². The highest BCUT2D eigenvalue weighted by Crippen LogP contribution is 2.55. The van der Waals surface area contributed by atoms with E-state index in [4.69, 9.17) is 30.5 Å². The number of ether oxygens (including phenoxy) is 4. The van der Waals surface area contributed by atoms with Crippen molar-refractivity contribution >= 4 is 35.5 Å². The molecule has 0 bridgehead atoms. The molecule has 3 rings (SSSR count). The molecule has 0 spiro atoms. The number of allylic oxidation sites excluding steroid dienone is 1. The average molecular weight is 525 g/mol. The van der Waals surface area contributed by atoms with E-state index in [0.717, 1.165) is 0 Å². The minimum Gasteiger partial charge on any atom is -0.462 e. The van der Waals surface area contributed by atoms with Gasteiger partial charge in [0, 0.05) is 38.5 Å². The predicted octanol–water partition coefficient (Wildman–Crippen LogP) is 2.78. The van der Waals surface area contributed by atoms with Crippen molar-refractivity contribution in [3.8, 4) is 0 Å². The van der Waals surface area contributed by atoms with Gasteiger partial charge in [0.25, 0.3) is 0 Å². The number of rotatable bonds is 3. The molecule has 0 amide bonds. The molecule has 36 heavy (non-hydrogen) atoms. The smallest absolute Gasteiger partial charge is 0.312 e. The van der Waals surface area contributed by atoms with Crippen LogP contribution in [-0.2, 0) is 38.1 Å². The molecule has 1 saturated heterocycles. The van der Waals surface area contributed by atoms with Crippen LogP contribution in [-0.4, -0.2) is 64.4 Å². The first-order chi connectivity index (χ1) is 16.6. The molecule has 0 radical (unpaired) electrons. The highest BCUT2D eigenvalue weighted by atomic mass is 35.5. The van der Waals surface area contributed by atoms with E-state index >= 15 is 0 Å². The summed E-state index contributed by atoms with van der Waals surface area (Å²) in [5.41, 5.74) is -2.42. The van der Waals surface area contributed by atoms with Gasteiger partial charge in [0.2, 0.25) is 0 Å². The van der Waals surface area contributed by atoms with Crippen LogP contribution in [0.4, 0.5) is 0 Å². The maximum Gasteiger partial charge on any atom is 0.312 e. The second-order valence-corrected chi connectivity index (χ2v) is 10.6. The normalized spacial score (nSPS) is 41.3. The molecule has 10 heteroatoms. The Balaban J connectivity index is 2.32. The molecule has 0 unspecified atom stereocenters. The number of hydrogen-bond donors (Lipinski definition) is 1. The van der Waals surface area contributed by atoms with Crippen molar-refractivity contribution in [3.05, 3.63) is 36.5 Å². The standard InChI is InChI=1S/C26H33ClO9/c1-12-8-9-19(34-16(5)29)25(7)11-18(33-15(4)28)10-13(2)20(25)22(35-17(6)30)26(32)14(3)24(31)36-23(26)21(12)27/h8-9,14,18-23,32H,1-2,10-11H2,3-7H3/b9-8-/t14-,18-,19-,20+,21-,22-,23+,25+,26+/m0/s1. The quantitative estimate of drug-likeness (QED) is 0.256. The number of fused-ring (bicyclic) bond motifs is 2. The second kappa shape index (κ2) is 10.0. The third kappa shape index (κ3) is 4.83. The third-order valence-corrected chi connectivity index (χ3v) is 8.00. The minimum atomic E-state index is -2.08. The summed E-state index contributed by atoms with van der Waals surface area (Å²) >= 11 is 6.66. The monoisotopic (exact) mass is 524 g/mol. The number of carbonyl (C=O) groups is 4. The zero-order chi connectivity index (χ0) is 27.2. The fourth-order valence-corrected chi connectivity index (χ4v) is 6.21. The summed E-state index contributed by atoms with van der Waals surface area (Å²) in [6, 6.07) is 0. The minimum absolute atomic E-state index is 0.178. The molecular formula is C26H33ClO9. The second-order valence-electron chi connectivity index (χ2n) is 10.1. The highest BCUT2D eigenvalue weighted by molar-refractivity contribution is 6.23. The van der Waals surface area contributed by atoms with E-state index in [1.807, 2.05) is 0 Å². The van der Waals surface area contributed by atoms with E-state index in [1.54, 1.807) is 19.1 Å². The van der Waals surface area contributed by atoms with Crippen LogP contribution in [0.15, 0.2) is 36.5 Å². The van der Waals surface area contributed by atoms with Gasteiger partial charge in [0.1, 0.15) is 18.3 Å². The number of alkyl halides is 1.